The Labute approximate surface area is 116 Å². The average molecular weight is 260 g/mol. The van der Waals surface area contributed by atoms with Gasteiger partial charge in [-0.25, -0.2) is 4.79 Å². The van der Waals surface area contributed by atoms with E-state index in [0.717, 1.165) is 25.9 Å². The molecule has 0 aromatic heterocycles. The van der Waals surface area contributed by atoms with Crippen LogP contribution in [0.1, 0.15) is 43.9 Å². The third-order valence-electron chi connectivity index (χ3n) is 3.60. The molecule has 0 spiro atoms. The van der Waals surface area contributed by atoms with Gasteiger partial charge in [-0.05, 0) is 31.2 Å². The molecule has 3 nitrogen and oxygen atoms in total. The molecule has 1 fully saturated rings. The molecule has 2 rings (SSSR count). The highest BCUT2D eigenvalue weighted by Gasteiger charge is 2.29. The first-order valence-corrected chi connectivity index (χ1v) is 7.19. The van der Waals surface area contributed by atoms with Gasteiger partial charge >= 0.3 is 6.03 Å². The summed E-state index contributed by atoms with van der Waals surface area (Å²) in [4.78, 5) is 14.2. The molecule has 1 atom stereocenters. The molecular weight excluding hydrogens is 236 g/mol. The van der Waals surface area contributed by atoms with Gasteiger partial charge in [0, 0.05) is 13.1 Å². The molecule has 104 valence electrons. The van der Waals surface area contributed by atoms with Crippen LogP contribution in [-0.2, 0) is 0 Å². The van der Waals surface area contributed by atoms with E-state index in [1.807, 2.05) is 4.90 Å². The summed E-state index contributed by atoms with van der Waals surface area (Å²) in [6.07, 6.45) is 2.16. The number of hydrogen-bond donors (Lipinski definition) is 1. The number of nitrogens with zero attached hydrogens (tertiary/aromatic N) is 1. The lowest BCUT2D eigenvalue weighted by molar-refractivity contribution is 0.191. The number of carbonyl (C=O) groups is 1. The van der Waals surface area contributed by atoms with E-state index in [1.54, 1.807) is 0 Å². The zero-order chi connectivity index (χ0) is 13.8. The van der Waals surface area contributed by atoms with Crippen LogP contribution in [0.4, 0.5) is 4.79 Å². The molecule has 0 saturated carbocycles. The second-order valence-corrected chi connectivity index (χ2v) is 5.85. The fraction of sp³-hybridized carbons (Fsp3) is 0.562. The standard InChI is InChI=1S/C16H24N2O/c1-12(2)11-17-16(19)18-9-5-8-15(18)14-7-4-6-13(3)10-14/h4,6-7,10,12,15H,5,8-9,11H2,1-3H3,(H,17,19)/t15-/m1/s1. The first-order chi connectivity index (χ1) is 9.08. The van der Waals surface area contributed by atoms with Gasteiger partial charge < -0.3 is 10.2 Å². The van der Waals surface area contributed by atoms with Crippen molar-refractivity contribution in [2.24, 2.45) is 5.92 Å². The van der Waals surface area contributed by atoms with Crippen LogP contribution in [0.3, 0.4) is 0 Å². The third-order valence-corrected chi connectivity index (χ3v) is 3.60. The Hall–Kier alpha value is -1.51. The number of likely N-dealkylation sites (tertiary alicyclic amines) is 1. The van der Waals surface area contributed by atoms with E-state index in [-0.39, 0.29) is 12.1 Å². The molecule has 1 aliphatic heterocycles. The maximum atomic E-state index is 12.2. The lowest BCUT2D eigenvalue weighted by Gasteiger charge is -2.26. The lowest BCUT2D eigenvalue weighted by atomic mass is 10.0. The minimum Gasteiger partial charge on any atom is -0.338 e. The Morgan fingerprint density at radius 2 is 2.26 bits per heavy atom. The molecule has 1 aliphatic rings. The second-order valence-electron chi connectivity index (χ2n) is 5.85. The van der Waals surface area contributed by atoms with Gasteiger partial charge in [-0.2, -0.15) is 0 Å². The smallest absolute Gasteiger partial charge is 0.317 e. The summed E-state index contributed by atoms with van der Waals surface area (Å²) in [5.41, 5.74) is 2.52. The maximum absolute atomic E-state index is 12.2. The first kappa shape index (κ1) is 13.9. The van der Waals surface area contributed by atoms with Gasteiger partial charge in [-0.15, -0.1) is 0 Å². The SMILES string of the molecule is Cc1cccc([C@H]2CCCN2C(=O)NCC(C)C)c1. The number of hydrogen-bond acceptors (Lipinski definition) is 1. The average Bonchev–Trinajstić information content (AvgIpc) is 2.85. The van der Waals surface area contributed by atoms with Crippen LogP contribution in [0.5, 0.6) is 0 Å². The highest BCUT2D eigenvalue weighted by Crippen LogP contribution is 2.32. The number of aryl methyl sites for hydroxylation is 1. The van der Waals surface area contributed by atoms with Crippen molar-refractivity contribution in [1.82, 2.24) is 10.2 Å². The number of amides is 2. The number of nitrogens with one attached hydrogen (secondary N) is 1. The van der Waals surface area contributed by atoms with Crippen molar-refractivity contribution in [3.63, 3.8) is 0 Å². The Morgan fingerprint density at radius 1 is 1.47 bits per heavy atom. The molecule has 1 aromatic rings. The van der Waals surface area contributed by atoms with Crippen molar-refractivity contribution in [2.75, 3.05) is 13.1 Å². The van der Waals surface area contributed by atoms with E-state index in [9.17, 15) is 4.79 Å². The van der Waals surface area contributed by atoms with E-state index in [0.29, 0.717) is 5.92 Å². The minimum absolute atomic E-state index is 0.0812. The molecule has 0 bridgehead atoms. The fourth-order valence-corrected chi connectivity index (χ4v) is 2.63. The normalized spacial score (nSPS) is 18.9. The van der Waals surface area contributed by atoms with Crippen LogP contribution < -0.4 is 5.32 Å². The summed E-state index contributed by atoms with van der Waals surface area (Å²) < 4.78 is 0. The zero-order valence-electron chi connectivity index (χ0n) is 12.1. The summed E-state index contributed by atoms with van der Waals surface area (Å²) >= 11 is 0. The molecular formula is C16H24N2O. The van der Waals surface area contributed by atoms with E-state index in [4.69, 9.17) is 0 Å². The minimum atomic E-state index is 0.0812. The highest BCUT2D eigenvalue weighted by molar-refractivity contribution is 5.75. The van der Waals surface area contributed by atoms with Crippen molar-refractivity contribution >= 4 is 6.03 Å². The van der Waals surface area contributed by atoms with E-state index >= 15 is 0 Å². The van der Waals surface area contributed by atoms with Gasteiger partial charge in [0.05, 0.1) is 6.04 Å². The van der Waals surface area contributed by atoms with E-state index in [1.165, 1.54) is 11.1 Å². The summed E-state index contributed by atoms with van der Waals surface area (Å²) in [5, 5.41) is 3.03. The van der Waals surface area contributed by atoms with E-state index in [2.05, 4.69) is 50.4 Å². The van der Waals surface area contributed by atoms with Crippen LogP contribution in [0.2, 0.25) is 0 Å². The lowest BCUT2D eigenvalue weighted by Crippen LogP contribution is -2.40. The first-order valence-electron chi connectivity index (χ1n) is 7.19. The predicted octanol–water partition coefficient (Wildman–Crippen LogP) is 3.50. The molecule has 0 radical (unpaired) electrons. The zero-order valence-corrected chi connectivity index (χ0v) is 12.1. The maximum Gasteiger partial charge on any atom is 0.317 e. The molecule has 3 heteroatoms. The molecule has 2 amide bonds. The molecule has 1 saturated heterocycles. The Bertz CT molecular complexity index is 442. The molecule has 0 unspecified atom stereocenters. The van der Waals surface area contributed by atoms with Crippen LogP contribution in [-0.4, -0.2) is 24.0 Å². The molecule has 1 aromatic carbocycles. The van der Waals surface area contributed by atoms with Crippen molar-refractivity contribution in [2.45, 2.75) is 39.7 Å². The van der Waals surface area contributed by atoms with Crippen LogP contribution in [0, 0.1) is 12.8 Å². The highest BCUT2D eigenvalue weighted by atomic mass is 16.2. The number of rotatable bonds is 3. The third kappa shape index (κ3) is 3.49. The van der Waals surface area contributed by atoms with Crippen LogP contribution in [0.15, 0.2) is 24.3 Å². The largest absolute Gasteiger partial charge is 0.338 e. The van der Waals surface area contributed by atoms with Crippen molar-refractivity contribution in [3.8, 4) is 0 Å². The number of benzene rings is 1. The van der Waals surface area contributed by atoms with Gasteiger partial charge in [-0.1, -0.05) is 43.7 Å². The van der Waals surface area contributed by atoms with Gasteiger partial charge in [-0.3, -0.25) is 0 Å². The number of carbonyl (C=O) groups excluding carboxylic acids is 1. The topological polar surface area (TPSA) is 32.3 Å². The molecule has 1 N–H and O–H groups in total. The van der Waals surface area contributed by atoms with Crippen molar-refractivity contribution in [1.29, 1.82) is 0 Å². The van der Waals surface area contributed by atoms with Crippen LogP contribution in [0.25, 0.3) is 0 Å². The Kier molecular flexibility index (Phi) is 4.46. The monoisotopic (exact) mass is 260 g/mol. The summed E-state index contributed by atoms with van der Waals surface area (Å²) in [7, 11) is 0. The Morgan fingerprint density at radius 3 is 2.95 bits per heavy atom. The molecule has 19 heavy (non-hydrogen) atoms. The summed E-state index contributed by atoms with van der Waals surface area (Å²) in [5.74, 6) is 0.490. The summed E-state index contributed by atoms with van der Waals surface area (Å²) in [6.45, 7) is 7.94. The Balaban J connectivity index is 2.06. The predicted molar refractivity (Wildman–Crippen MR) is 78.1 cm³/mol. The quantitative estimate of drug-likeness (QED) is 0.886. The molecule has 0 aliphatic carbocycles. The van der Waals surface area contributed by atoms with Crippen molar-refractivity contribution < 1.29 is 4.79 Å². The van der Waals surface area contributed by atoms with Gasteiger partial charge in [0.2, 0.25) is 0 Å². The summed E-state index contributed by atoms with van der Waals surface area (Å²) in [6, 6.07) is 8.82. The second kappa shape index (κ2) is 6.09. The van der Waals surface area contributed by atoms with Crippen LogP contribution >= 0.6 is 0 Å². The molecule has 1 heterocycles. The van der Waals surface area contributed by atoms with Crippen molar-refractivity contribution in [3.05, 3.63) is 35.4 Å². The van der Waals surface area contributed by atoms with Gasteiger partial charge in [0.25, 0.3) is 0 Å². The fourth-order valence-electron chi connectivity index (χ4n) is 2.63. The number of urea groups is 1. The van der Waals surface area contributed by atoms with Gasteiger partial charge in [0.1, 0.15) is 0 Å². The van der Waals surface area contributed by atoms with Gasteiger partial charge in [0.15, 0.2) is 0 Å². The van der Waals surface area contributed by atoms with E-state index < -0.39 is 0 Å².